The van der Waals surface area contributed by atoms with E-state index in [0.717, 1.165) is 32.3 Å². The van der Waals surface area contributed by atoms with Crippen LogP contribution in [0.4, 0.5) is 0 Å². The number of hydrogen-bond acceptors (Lipinski definition) is 4. The molecule has 0 aromatic carbocycles. The van der Waals surface area contributed by atoms with Gasteiger partial charge >= 0.3 is 5.97 Å². The standard InChI is InChI=1S/C18H32O4/c1-15-12-14-22-13-10-8-6-4-3-5-7-9-11-16(19)17(15)18(20)21-2/h15,17H,3-14H2,1-2H3. The molecule has 4 nitrogen and oxygen atoms in total. The zero-order valence-electron chi connectivity index (χ0n) is 14.3. The van der Waals surface area contributed by atoms with Crippen LogP contribution >= 0.6 is 0 Å². The van der Waals surface area contributed by atoms with Crippen LogP contribution in [0.15, 0.2) is 0 Å². The second-order valence-electron chi connectivity index (χ2n) is 6.42. The van der Waals surface area contributed by atoms with E-state index in [2.05, 4.69) is 0 Å². The van der Waals surface area contributed by atoms with Crippen LogP contribution in [-0.4, -0.2) is 32.1 Å². The summed E-state index contributed by atoms with van der Waals surface area (Å²) in [6, 6.07) is 0. The van der Waals surface area contributed by atoms with E-state index in [1.807, 2.05) is 6.92 Å². The second-order valence-corrected chi connectivity index (χ2v) is 6.42. The van der Waals surface area contributed by atoms with E-state index in [9.17, 15) is 9.59 Å². The highest BCUT2D eigenvalue weighted by Crippen LogP contribution is 2.22. The fraction of sp³-hybridized carbons (Fsp3) is 0.889. The van der Waals surface area contributed by atoms with Crippen LogP contribution in [0.1, 0.15) is 71.1 Å². The first-order valence-corrected chi connectivity index (χ1v) is 8.85. The molecule has 1 heterocycles. The van der Waals surface area contributed by atoms with E-state index in [1.165, 1.54) is 39.2 Å². The van der Waals surface area contributed by atoms with Crippen LogP contribution in [0.3, 0.4) is 0 Å². The maximum Gasteiger partial charge on any atom is 0.316 e. The molecule has 0 aliphatic carbocycles. The average molecular weight is 312 g/mol. The molecule has 0 aromatic heterocycles. The van der Waals surface area contributed by atoms with E-state index in [0.29, 0.717) is 13.0 Å². The van der Waals surface area contributed by atoms with Gasteiger partial charge in [-0.05, 0) is 25.2 Å². The lowest BCUT2D eigenvalue weighted by atomic mass is 9.85. The molecule has 1 aliphatic heterocycles. The van der Waals surface area contributed by atoms with Crippen LogP contribution < -0.4 is 0 Å². The van der Waals surface area contributed by atoms with E-state index in [4.69, 9.17) is 9.47 Å². The summed E-state index contributed by atoms with van der Waals surface area (Å²) in [5.74, 6) is -1.00. The number of rotatable bonds is 1. The molecule has 4 heteroatoms. The van der Waals surface area contributed by atoms with Gasteiger partial charge in [0.2, 0.25) is 0 Å². The Bertz CT molecular complexity index is 327. The van der Waals surface area contributed by atoms with Gasteiger partial charge in [-0.2, -0.15) is 0 Å². The van der Waals surface area contributed by atoms with Gasteiger partial charge in [-0.15, -0.1) is 0 Å². The SMILES string of the molecule is COC(=O)C1C(=O)CCCCCCCCCCOCCC1C. The van der Waals surface area contributed by atoms with Gasteiger partial charge in [0, 0.05) is 19.6 Å². The van der Waals surface area contributed by atoms with Gasteiger partial charge in [-0.25, -0.2) is 0 Å². The maximum absolute atomic E-state index is 12.4. The molecule has 2 atom stereocenters. The molecule has 22 heavy (non-hydrogen) atoms. The van der Waals surface area contributed by atoms with Crippen molar-refractivity contribution in [2.45, 2.75) is 71.1 Å². The highest BCUT2D eigenvalue weighted by Gasteiger charge is 2.32. The third kappa shape index (κ3) is 7.39. The molecule has 1 saturated heterocycles. The summed E-state index contributed by atoms with van der Waals surface area (Å²) >= 11 is 0. The van der Waals surface area contributed by atoms with Crippen molar-refractivity contribution in [3.05, 3.63) is 0 Å². The third-order valence-corrected chi connectivity index (χ3v) is 4.55. The summed E-state index contributed by atoms with van der Waals surface area (Å²) in [6.07, 6.45) is 10.5. The fourth-order valence-electron chi connectivity index (χ4n) is 3.07. The molecule has 0 aromatic rings. The molecule has 0 saturated carbocycles. The van der Waals surface area contributed by atoms with Crippen LogP contribution in [0, 0.1) is 11.8 Å². The molecule has 0 spiro atoms. The number of methoxy groups -OCH3 is 1. The van der Waals surface area contributed by atoms with Crippen LogP contribution in [0.5, 0.6) is 0 Å². The Morgan fingerprint density at radius 1 is 1.00 bits per heavy atom. The first kappa shape index (κ1) is 19.1. The number of hydrogen-bond donors (Lipinski definition) is 0. The topological polar surface area (TPSA) is 52.6 Å². The van der Waals surface area contributed by atoms with Crippen molar-refractivity contribution in [1.82, 2.24) is 0 Å². The first-order chi connectivity index (χ1) is 10.7. The summed E-state index contributed by atoms with van der Waals surface area (Å²) in [5, 5.41) is 0. The summed E-state index contributed by atoms with van der Waals surface area (Å²) in [6.45, 7) is 3.34. The zero-order valence-corrected chi connectivity index (χ0v) is 14.3. The van der Waals surface area contributed by atoms with Gasteiger partial charge in [0.05, 0.1) is 7.11 Å². The lowest BCUT2D eigenvalue weighted by molar-refractivity contribution is -0.151. The summed E-state index contributed by atoms with van der Waals surface area (Å²) in [5.41, 5.74) is 0. The minimum absolute atomic E-state index is 0.0205. The quantitative estimate of drug-likeness (QED) is 0.544. The van der Waals surface area contributed by atoms with Crippen molar-refractivity contribution >= 4 is 11.8 Å². The molecule has 2 unspecified atom stereocenters. The lowest BCUT2D eigenvalue weighted by Gasteiger charge is -2.21. The van der Waals surface area contributed by atoms with Crippen LogP contribution in [0.25, 0.3) is 0 Å². The number of Topliss-reactive ketones (excluding diaryl/α,β-unsaturated/α-hetero) is 1. The second kappa shape index (κ2) is 11.6. The Morgan fingerprint density at radius 3 is 2.23 bits per heavy atom. The van der Waals surface area contributed by atoms with E-state index in [1.54, 1.807) is 0 Å². The number of esters is 1. The highest BCUT2D eigenvalue weighted by molar-refractivity contribution is 5.99. The maximum atomic E-state index is 12.4. The molecule has 0 bridgehead atoms. The smallest absolute Gasteiger partial charge is 0.316 e. The highest BCUT2D eigenvalue weighted by atomic mass is 16.5. The van der Waals surface area contributed by atoms with Gasteiger partial charge < -0.3 is 9.47 Å². The Morgan fingerprint density at radius 2 is 1.59 bits per heavy atom. The third-order valence-electron chi connectivity index (χ3n) is 4.55. The first-order valence-electron chi connectivity index (χ1n) is 8.85. The van der Waals surface area contributed by atoms with E-state index >= 15 is 0 Å². The minimum Gasteiger partial charge on any atom is -0.468 e. The van der Waals surface area contributed by atoms with Gasteiger partial charge in [-0.3, -0.25) is 9.59 Å². The van der Waals surface area contributed by atoms with Crippen molar-refractivity contribution in [3.63, 3.8) is 0 Å². The van der Waals surface area contributed by atoms with E-state index < -0.39 is 11.9 Å². The van der Waals surface area contributed by atoms with Crippen molar-refractivity contribution in [1.29, 1.82) is 0 Å². The van der Waals surface area contributed by atoms with Crippen molar-refractivity contribution in [3.8, 4) is 0 Å². The molecule has 0 N–H and O–H groups in total. The summed E-state index contributed by atoms with van der Waals surface area (Å²) in [4.78, 5) is 24.3. The Kier molecular flexibility index (Phi) is 10.1. The van der Waals surface area contributed by atoms with Crippen molar-refractivity contribution in [2.75, 3.05) is 20.3 Å². The number of carbonyl (C=O) groups is 2. The van der Waals surface area contributed by atoms with Crippen LogP contribution in [-0.2, 0) is 19.1 Å². The number of ketones is 1. The number of ether oxygens (including phenoxy) is 2. The number of carbonyl (C=O) groups excluding carboxylic acids is 2. The largest absolute Gasteiger partial charge is 0.468 e. The molecule has 0 radical (unpaired) electrons. The van der Waals surface area contributed by atoms with Crippen molar-refractivity contribution in [2.24, 2.45) is 11.8 Å². The Balaban J connectivity index is 2.57. The predicted octanol–water partition coefficient (Wildman–Crippen LogP) is 3.91. The average Bonchev–Trinajstić information content (AvgIpc) is 2.50. The molecule has 1 fully saturated rings. The molecule has 128 valence electrons. The molecular weight excluding hydrogens is 280 g/mol. The van der Waals surface area contributed by atoms with Crippen molar-refractivity contribution < 1.29 is 19.1 Å². The van der Waals surface area contributed by atoms with E-state index in [-0.39, 0.29) is 11.7 Å². The molecule has 0 amide bonds. The van der Waals surface area contributed by atoms with Gasteiger partial charge in [0.25, 0.3) is 0 Å². The molecular formula is C18H32O4. The minimum atomic E-state index is -0.624. The van der Waals surface area contributed by atoms with Gasteiger partial charge in [0.15, 0.2) is 0 Å². The zero-order chi connectivity index (χ0) is 16.2. The fourth-order valence-corrected chi connectivity index (χ4v) is 3.07. The normalized spacial score (nSPS) is 27.3. The Hall–Kier alpha value is -0.900. The monoisotopic (exact) mass is 312 g/mol. The van der Waals surface area contributed by atoms with Crippen LogP contribution in [0.2, 0.25) is 0 Å². The summed E-state index contributed by atoms with van der Waals surface area (Å²) in [7, 11) is 1.36. The predicted molar refractivity (Wildman–Crippen MR) is 86.7 cm³/mol. The molecule has 1 aliphatic rings. The molecule has 1 rings (SSSR count). The Labute approximate surface area is 134 Å². The van der Waals surface area contributed by atoms with Gasteiger partial charge in [0.1, 0.15) is 11.7 Å². The van der Waals surface area contributed by atoms with Gasteiger partial charge in [-0.1, -0.05) is 45.4 Å². The summed E-state index contributed by atoms with van der Waals surface area (Å²) < 4.78 is 10.5. The lowest BCUT2D eigenvalue weighted by Crippen LogP contribution is -2.32.